The summed E-state index contributed by atoms with van der Waals surface area (Å²) in [6.45, 7) is 1.42. The van der Waals surface area contributed by atoms with Crippen LogP contribution in [-0.2, 0) is 4.79 Å². The third-order valence-corrected chi connectivity index (χ3v) is 2.92. The minimum atomic E-state index is -0.201. The van der Waals surface area contributed by atoms with Crippen LogP contribution >= 0.6 is 0 Å². The van der Waals surface area contributed by atoms with E-state index in [1.807, 2.05) is 31.3 Å². The minimum Gasteiger partial charge on any atom is -0.330 e. The topological polar surface area (TPSA) is 58.4 Å². The van der Waals surface area contributed by atoms with Crippen LogP contribution < -0.4 is 16.0 Å². The molecule has 0 fully saturated rings. The average Bonchev–Trinajstić information content (AvgIpc) is 2.55. The molecule has 1 aliphatic heterocycles. The third kappa shape index (κ3) is 1.81. The standard InChI is InChI=1S/C12H17N3O/c1-15-10-6-3-2-5-9(10)11(12(15)16)14-8-4-7-13/h2-3,5-6,11,14H,4,7-8,13H2,1H3. The summed E-state index contributed by atoms with van der Waals surface area (Å²) in [5, 5.41) is 3.25. The van der Waals surface area contributed by atoms with Crippen molar-refractivity contribution in [1.29, 1.82) is 0 Å². The molecule has 4 nitrogen and oxygen atoms in total. The fourth-order valence-corrected chi connectivity index (χ4v) is 2.03. The summed E-state index contributed by atoms with van der Waals surface area (Å²) in [4.78, 5) is 13.7. The summed E-state index contributed by atoms with van der Waals surface area (Å²) in [5.41, 5.74) is 7.49. The molecule has 3 N–H and O–H groups in total. The van der Waals surface area contributed by atoms with Crippen molar-refractivity contribution in [1.82, 2.24) is 5.32 Å². The molecule has 1 amide bonds. The van der Waals surface area contributed by atoms with Crippen molar-refractivity contribution < 1.29 is 4.79 Å². The first-order valence-corrected chi connectivity index (χ1v) is 5.55. The van der Waals surface area contributed by atoms with E-state index < -0.39 is 0 Å². The van der Waals surface area contributed by atoms with Gasteiger partial charge in [0.15, 0.2) is 0 Å². The summed E-state index contributed by atoms with van der Waals surface area (Å²) in [7, 11) is 1.81. The number of carbonyl (C=O) groups is 1. The predicted molar refractivity (Wildman–Crippen MR) is 64.3 cm³/mol. The molecule has 0 saturated carbocycles. The van der Waals surface area contributed by atoms with E-state index in [-0.39, 0.29) is 11.9 Å². The van der Waals surface area contributed by atoms with Crippen LogP contribution in [0.1, 0.15) is 18.0 Å². The molecule has 4 heteroatoms. The van der Waals surface area contributed by atoms with E-state index in [2.05, 4.69) is 5.32 Å². The Morgan fingerprint density at radius 2 is 2.19 bits per heavy atom. The molecule has 16 heavy (non-hydrogen) atoms. The number of likely N-dealkylation sites (N-methyl/N-ethyl adjacent to an activating group) is 1. The van der Waals surface area contributed by atoms with Gasteiger partial charge in [0.25, 0.3) is 0 Å². The molecule has 1 aromatic carbocycles. The van der Waals surface area contributed by atoms with Crippen molar-refractivity contribution in [3.05, 3.63) is 29.8 Å². The summed E-state index contributed by atoms with van der Waals surface area (Å²) in [6, 6.07) is 7.68. The molecule has 86 valence electrons. The Morgan fingerprint density at radius 3 is 2.94 bits per heavy atom. The molecule has 2 rings (SSSR count). The van der Waals surface area contributed by atoms with Gasteiger partial charge in [-0.15, -0.1) is 0 Å². The van der Waals surface area contributed by atoms with E-state index in [1.54, 1.807) is 4.90 Å². The quantitative estimate of drug-likeness (QED) is 0.731. The second-order valence-corrected chi connectivity index (χ2v) is 3.99. The monoisotopic (exact) mass is 219 g/mol. The highest BCUT2D eigenvalue weighted by atomic mass is 16.2. The van der Waals surface area contributed by atoms with Gasteiger partial charge in [0.2, 0.25) is 5.91 Å². The molecule has 0 aromatic heterocycles. The number of nitrogens with two attached hydrogens (primary N) is 1. The fourth-order valence-electron chi connectivity index (χ4n) is 2.03. The van der Waals surface area contributed by atoms with Gasteiger partial charge in [-0.3, -0.25) is 4.79 Å². The number of benzene rings is 1. The van der Waals surface area contributed by atoms with Gasteiger partial charge in [0.05, 0.1) is 0 Å². The molecule has 0 bridgehead atoms. The summed E-state index contributed by atoms with van der Waals surface area (Å²) >= 11 is 0. The first-order chi connectivity index (χ1) is 7.75. The van der Waals surface area contributed by atoms with Gasteiger partial charge in [-0.1, -0.05) is 18.2 Å². The Labute approximate surface area is 95.4 Å². The fraction of sp³-hybridized carbons (Fsp3) is 0.417. The maximum atomic E-state index is 12.0. The second kappa shape index (κ2) is 4.63. The van der Waals surface area contributed by atoms with Crippen LogP contribution in [0.25, 0.3) is 0 Å². The molecule has 1 heterocycles. The first-order valence-electron chi connectivity index (χ1n) is 5.55. The van der Waals surface area contributed by atoms with Crippen molar-refractivity contribution in [2.75, 3.05) is 25.0 Å². The number of amides is 1. The molecule has 0 saturated heterocycles. The molecular weight excluding hydrogens is 202 g/mol. The van der Waals surface area contributed by atoms with Crippen molar-refractivity contribution in [2.45, 2.75) is 12.5 Å². The zero-order chi connectivity index (χ0) is 11.5. The van der Waals surface area contributed by atoms with Gasteiger partial charge < -0.3 is 16.0 Å². The number of para-hydroxylation sites is 1. The summed E-state index contributed by atoms with van der Waals surface area (Å²) in [5.74, 6) is 0.109. The molecule has 0 radical (unpaired) electrons. The number of nitrogens with one attached hydrogen (secondary N) is 1. The number of carbonyl (C=O) groups excluding carboxylic acids is 1. The highest BCUT2D eigenvalue weighted by molar-refractivity contribution is 6.04. The largest absolute Gasteiger partial charge is 0.330 e. The number of rotatable bonds is 4. The number of fused-ring (bicyclic) bond motifs is 1. The maximum Gasteiger partial charge on any atom is 0.248 e. The molecule has 0 aliphatic carbocycles. The van der Waals surface area contributed by atoms with Gasteiger partial charge in [-0.25, -0.2) is 0 Å². The van der Waals surface area contributed by atoms with Crippen LogP contribution in [0.4, 0.5) is 5.69 Å². The van der Waals surface area contributed by atoms with Crippen LogP contribution in [0.2, 0.25) is 0 Å². The van der Waals surface area contributed by atoms with Crippen LogP contribution in [-0.4, -0.2) is 26.0 Å². The lowest BCUT2D eigenvalue weighted by molar-refractivity contribution is -0.119. The van der Waals surface area contributed by atoms with Gasteiger partial charge in [-0.2, -0.15) is 0 Å². The second-order valence-electron chi connectivity index (χ2n) is 3.99. The lowest BCUT2D eigenvalue weighted by Crippen LogP contribution is -2.33. The lowest BCUT2D eigenvalue weighted by Gasteiger charge is -2.12. The Morgan fingerprint density at radius 1 is 1.44 bits per heavy atom. The zero-order valence-electron chi connectivity index (χ0n) is 9.44. The molecule has 1 atom stereocenters. The van der Waals surface area contributed by atoms with Gasteiger partial charge in [0.1, 0.15) is 6.04 Å². The molecular formula is C12H17N3O. The molecule has 1 aromatic rings. The predicted octanol–water partition coefficient (Wildman–Crippen LogP) is 0.643. The van der Waals surface area contributed by atoms with Gasteiger partial charge in [-0.05, 0) is 25.6 Å². The molecule has 1 aliphatic rings. The Kier molecular flexibility index (Phi) is 3.22. The summed E-state index contributed by atoms with van der Waals surface area (Å²) in [6.07, 6.45) is 0.885. The molecule has 1 unspecified atom stereocenters. The van der Waals surface area contributed by atoms with E-state index >= 15 is 0 Å². The van der Waals surface area contributed by atoms with Crippen molar-refractivity contribution in [2.24, 2.45) is 5.73 Å². The smallest absolute Gasteiger partial charge is 0.248 e. The number of hydrogen-bond donors (Lipinski definition) is 2. The van der Waals surface area contributed by atoms with E-state index in [4.69, 9.17) is 5.73 Å². The van der Waals surface area contributed by atoms with Crippen LogP contribution in [0.15, 0.2) is 24.3 Å². The number of hydrogen-bond acceptors (Lipinski definition) is 3. The van der Waals surface area contributed by atoms with Gasteiger partial charge >= 0.3 is 0 Å². The zero-order valence-corrected chi connectivity index (χ0v) is 9.44. The van der Waals surface area contributed by atoms with E-state index in [0.717, 1.165) is 24.2 Å². The third-order valence-electron chi connectivity index (χ3n) is 2.92. The van der Waals surface area contributed by atoms with Crippen molar-refractivity contribution in [3.63, 3.8) is 0 Å². The Bertz CT molecular complexity index is 392. The Balaban J connectivity index is 2.17. The van der Waals surface area contributed by atoms with Crippen LogP contribution in [0, 0.1) is 0 Å². The van der Waals surface area contributed by atoms with Crippen molar-refractivity contribution >= 4 is 11.6 Å². The minimum absolute atomic E-state index is 0.109. The summed E-state index contributed by atoms with van der Waals surface area (Å²) < 4.78 is 0. The highest BCUT2D eigenvalue weighted by Crippen LogP contribution is 2.34. The van der Waals surface area contributed by atoms with Gasteiger partial charge in [0, 0.05) is 18.3 Å². The van der Waals surface area contributed by atoms with Crippen LogP contribution in [0.5, 0.6) is 0 Å². The Hall–Kier alpha value is -1.39. The van der Waals surface area contributed by atoms with E-state index in [9.17, 15) is 4.79 Å². The average molecular weight is 219 g/mol. The number of anilines is 1. The SMILES string of the molecule is CN1C(=O)C(NCCCN)c2ccccc21. The highest BCUT2D eigenvalue weighted by Gasteiger charge is 2.33. The number of nitrogens with zero attached hydrogens (tertiary/aromatic N) is 1. The maximum absolute atomic E-state index is 12.0. The van der Waals surface area contributed by atoms with Crippen LogP contribution in [0.3, 0.4) is 0 Å². The first kappa shape index (κ1) is 11.1. The normalized spacial score (nSPS) is 19.0. The molecule has 0 spiro atoms. The van der Waals surface area contributed by atoms with E-state index in [1.165, 1.54) is 0 Å². The lowest BCUT2D eigenvalue weighted by atomic mass is 10.1. The van der Waals surface area contributed by atoms with Crippen molar-refractivity contribution in [3.8, 4) is 0 Å². The van der Waals surface area contributed by atoms with E-state index in [0.29, 0.717) is 6.54 Å².